The number of ether oxygens (including phenoxy) is 1. The van der Waals surface area contributed by atoms with Crippen LogP contribution in [0.15, 0.2) is 36.4 Å². The summed E-state index contributed by atoms with van der Waals surface area (Å²) >= 11 is 0. The minimum atomic E-state index is -0.811. The number of piperazine rings is 1. The van der Waals surface area contributed by atoms with Crippen LogP contribution in [0, 0.1) is 0 Å². The van der Waals surface area contributed by atoms with Gasteiger partial charge in [-0.25, -0.2) is 4.79 Å². The van der Waals surface area contributed by atoms with Gasteiger partial charge in [-0.2, -0.15) is 0 Å². The van der Waals surface area contributed by atoms with Crippen molar-refractivity contribution in [2.24, 2.45) is 0 Å². The highest BCUT2D eigenvalue weighted by molar-refractivity contribution is 5.84. The summed E-state index contributed by atoms with van der Waals surface area (Å²) in [5, 5.41) is 11.4. The lowest BCUT2D eigenvalue weighted by Crippen LogP contribution is -2.48. The van der Waals surface area contributed by atoms with E-state index < -0.39 is 6.09 Å². The average Bonchev–Trinajstić information content (AvgIpc) is 2.59. The fraction of sp³-hybridized carbons (Fsp3) is 0.389. The van der Waals surface area contributed by atoms with Crippen LogP contribution in [0.5, 0.6) is 5.75 Å². The number of carbonyl (C=O) groups is 1. The van der Waals surface area contributed by atoms with Crippen LogP contribution >= 0.6 is 0 Å². The summed E-state index contributed by atoms with van der Waals surface area (Å²) in [7, 11) is 1.68. The van der Waals surface area contributed by atoms with Crippen molar-refractivity contribution in [3.05, 3.63) is 42.0 Å². The highest BCUT2D eigenvalue weighted by Crippen LogP contribution is 2.22. The van der Waals surface area contributed by atoms with Gasteiger partial charge in [-0.15, -0.1) is 0 Å². The molecule has 0 radical (unpaired) electrons. The van der Waals surface area contributed by atoms with E-state index in [0.29, 0.717) is 13.1 Å². The molecule has 2 aromatic rings. The Labute approximate surface area is 136 Å². The highest BCUT2D eigenvalue weighted by atomic mass is 16.5. The Morgan fingerprint density at radius 1 is 1.09 bits per heavy atom. The van der Waals surface area contributed by atoms with Gasteiger partial charge in [0, 0.05) is 32.7 Å². The van der Waals surface area contributed by atoms with Crippen LogP contribution < -0.4 is 4.74 Å². The second-order valence-electron chi connectivity index (χ2n) is 5.91. The molecular formula is C18H22N2O3. The smallest absolute Gasteiger partial charge is 0.407 e. The molecule has 0 spiro atoms. The third-order valence-corrected chi connectivity index (χ3v) is 4.47. The number of methoxy groups -OCH3 is 1. The van der Waals surface area contributed by atoms with E-state index in [9.17, 15) is 4.79 Å². The van der Waals surface area contributed by atoms with Crippen LogP contribution in [0.25, 0.3) is 10.8 Å². The number of hydrogen-bond acceptors (Lipinski definition) is 3. The van der Waals surface area contributed by atoms with E-state index in [-0.39, 0.29) is 0 Å². The molecule has 1 N–H and O–H groups in total. The first-order valence-electron chi connectivity index (χ1n) is 7.92. The van der Waals surface area contributed by atoms with E-state index in [1.54, 1.807) is 7.11 Å². The summed E-state index contributed by atoms with van der Waals surface area (Å²) in [4.78, 5) is 14.7. The fourth-order valence-electron chi connectivity index (χ4n) is 3.01. The quantitative estimate of drug-likeness (QED) is 0.943. The van der Waals surface area contributed by atoms with Gasteiger partial charge in [0.15, 0.2) is 0 Å². The Hall–Kier alpha value is -2.27. The number of hydrogen-bond donors (Lipinski definition) is 1. The van der Waals surface area contributed by atoms with Crippen LogP contribution in [-0.4, -0.2) is 60.8 Å². The summed E-state index contributed by atoms with van der Waals surface area (Å²) in [6.45, 7) is 3.81. The predicted molar refractivity (Wildman–Crippen MR) is 90.2 cm³/mol. The zero-order chi connectivity index (χ0) is 16.2. The van der Waals surface area contributed by atoms with Gasteiger partial charge in [0.25, 0.3) is 0 Å². The van der Waals surface area contributed by atoms with E-state index in [4.69, 9.17) is 9.84 Å². The molecule has 1 aliphatic heterocycles. The molecule has 2 aromatic carbocycles. The molecule has 0 saturated carbocycles. The molecule has 5 nitrogen and oxygen atoms in total. The second-order valence-corrected chi connectivity index (χ2v) is 5.91. The highest BCUT2D eigenvalue weighted by Gasteiger charge is 2.19. The van der Waals surface area contributed by atoms with Gasteiger partial charge in [-0.1, -0.05) is 24.3 Å². The SMILES string of the molecule is COc1ccc2cc(CCN3CCN(C(=O)O)CC3)ccc2c1. The lowest BCUT2D eigenvalue weighted by Gasteiger charge is -2.33. The number of rotatable bonds is 4. The number of carboxylic acid groups (broad SMARTS) is 1. The third-order valence-electron chi connectivity index (χ3n) is 4.47. The van der Waals surface area contributed by atoms with Crippen LogP contribution in [0.4, 0.5) is 4.79 Å². The van der Waals surface area contributed by atoms with Crippen molar-refractivity contribution in [2.75, 3.05) is 39.8 Å². The van der Waals surface area contributed by atoms with E-state index in [0.717, 1.165) is 31.8 Å². The van der Waals surface area contributed by atoms with Crippen LogP contribution in [-0.2, 0) is 6.42 Å². The molecule has 0 atom stereocenters. The summed E-state index contributed by atoms with van der Waals surface area (Å²) in [5.74, 6) is 0.876. The fourth-order valence-corrected chi connectivity index (χ4v) is 3.01. The molecule has 1 heterocycles. The van der Waals surface area contributed by atoms with Gasteiger partial charge in [-0.05, 0) is 34.9 Å². The molecule has 1 aliphatic rings. The first kappa shape index (κ1) is 15.6. The van der Waals surface area contributed by atoms with Crippen molar-refractivity contribution >= 4 is 16.9 Å². The Morgan fingerprint density at radius 3 is 2.48 bits per heavy atom. The Kier molecular flexibility index (Phi) is 4.67. The monoisotopic (exact) mass is 314 g/mol. The van der Waals surface area contributed by atoms with E-state index in [1.807, 2.05) is 12.1 Å². The Balaban J connectivity index is 1.58. The zero-order valence-corrected chi connectivity index (χ0v) is 13.4. The first-order valence-corrected chi connectivity index (χ1v) is 7.92. The molecule has 122 valence electrons. The van der Waals surface area contributed by atoms with Crippen LogP contribution in [0.2, 0.25) is 0 Å². The van der Waals surface area contributed by atoms with Gasteiger partial charge >= 0.3 is 6.09 Å². The predicted octanol–water partition coefficient (Wildman–Crippen LogP) is 2.69. The molecule has 1 amide bonds. The normalized spacial score (nSPS) is 15.8. The molecular weight excluding hydrogens is 292 g/mol. The van der Waals surface area contributed by atoms with E-state index in [2.05, 4.69) is 29.2 Å². The molecule has 23 heavy (non-hydrogen) atoms. The third kappa shape index (κ3) is 3.74. The summed E-state index contributed by atoms with van der Waals surface area (Å²) in [5.41, 5.74) is 1.31. The minimum Gasteiger partial charge on any atom is -0.497 e. The van der Waals surface area contributed by atoms with Gasteiger partial charge in [0.2, 0.25) is 0 Å². The summed E-state index contributed by atoms with van der Waals surface area (Å²) < 4.78 is 5.25. The second kappa shape index (κ2) is 6.87. The number of benzene rings is 2. The topological polar surface area (TPSA) is 53.0 Å². The van der Waals surface area contributed by atoms with Crippen molar-refractivity contribution in [1.29, 1.82) is 0 Å². The van der Waals surface area contributed by atoms with Crippen molar-refractivity contribution in [3.63, 3.8) is 0 Å². The summed E-state index contributed by atoms with van der Waals surface area (Å²) in [6.07, 6.45) is 0.171. The lowest BCUT2D eigenvalue weighted by atomic mass is 10.0. The zero-order valence-electron chi connectivity index (χ0n) is 13.4. The van der Waals surface area contributed by atoms with E-state index >= 15 is 0 Å². The molecule has 0 bridgehead atoms. The Morgan fingerprint density at radius 2 is 1.78 bits per heavy atom. The average molecular weight is 314 g/mol. The maximum absolute atomic E-state index is 10.9. The largest absolute Gasteiger partial charge is 0.497 e. The first-order chi connectivity index (χ1) is 11.2. The molecule has 5 heteroatoms. The van der Waals surface area contributed by atoms with Gasteiger partial charge in [0.1, 0.15) is 5.75 Å². The van der Waals surface area contributed by atoms with Crippen molar-refractivity contribution in [2.45, 2.75) is 6.42 Å². The molecule has 0 aromatic heterocycles. The van der Waals surface area contributed by atoms with Crippen LogP contribution in [0.1, 0.15) is 5.56 Å². The van der Waals surface area contributed by atoms with E-state index in [1.165, 1.54) is 21.2 Å². The van der Waals surface area contributed by atoms with Gasteiger partial charge < -0.3 is 14.7 Å². The number of amides is 1. The standard InChI is InChI=1S/C18H22N2O3/c1-23-17-5-4-15-12-14(2-3-16(15)13-17)6-7-19-8-10-20(11-9-19)18(21)22/h2-5,12-13H,6-11H2,1H3,(H,21,22). The summed E-state index contributed by atoms with van der Waals surface area (Å²) in [6, 6.07) is 12.6. The van der Waals surface area contributed by atoms with Gasteiger partial charge in [0.05, 0.1) is 7.11 Å². The minimum absolute atomic E-state index is 0.604. The lowest BCUT2D eigenvalue weighted by molar-refractivity contribution is 0.106. The maximum Gasteiger partial charge on any atom is 0.407 e. The Bertz CT molecular complexity index is 694. The van der Waals surface area contributed by atoms with Crippen LogP contribution in [0.3, 0.4) is 0 Å². The maximum atomic E-state index is 10.9. The number of fused-ring (bicyclic) bond motifs is 1. The molecule has 1 saturated heterocycles. The molecule has 0 unspecified atom stereocenters. The van der Waals surface area contributed by atoms with Crippen molar-refractivity contribution < 1.29 is 14.6 Å². The molecule has 0 aliphatic carbocycles. The molecule has 1 fully saturated rings. The molecule has 3 rings (SSSR count). The van der Waals surface area contributed by atoms with Crippen molar-refractivity contribution in [3.8, 4) is 5.75 Å². The van der Waals surface area contributed by atoms with Gasteiger partial charge in [-0.3, -0.25) is 4.90 Å². The van der Waals surface area contributed by atoms with Crippen molar-refractivity contribution in [1.82, 2.24) is 9.80 Å². The number of nitrogens with zero attached hydrogens (tertiary/aromatic N) is 2.